The third-order valence-electron chi connectivity index (χ3n) is 6.90. The van der Waals surface area contributed by atoms with E-state index in [9.17, 15) is 0 Å². The molecule has 5 aromatic carbocycles. The molecule has 5 aromatic rings. The molecular formula is C31H18Cl4N4O5S. The Morgan fingerprint density at radius 1 is 0.689 bits per heavy atom. The molecule has 0 fully saturated rings. The van der Waals surface area contributed by atoms with Gasteiger partial charge in [0.25, 0.3) is 0 Å². The molecule has 9 nitrogen and oxygen atoms in total. The van der Waals surface area contributed by atoms with Crippen molar-refractivity contribution in [2.75, 3.05) is 10.6 Å². The second-order valence-electron chi connectivity index (χ2n) is 9.85. The molecule has 0 atom stereocenters. The van der Waals surface area contributed by atoms with Crippen molar-refractivity contribution in [1.29, 1.82) is 0 Å². The molecule has 14 heteroatoms. The lowest BCUT2D eigenvalue weighted by molar-refractivity contribution is -0.432. The van der Waals surface area contributed by atoms with Crippen LogP contribution >= 0.6 is 58.4 Å². The van der Waals surface area contributed by atoms with Gasteiger partial charge in [0, 0.05) is 39.2 Å². The quantitative estimate of drug-likeness (QED) is 0.0857. The van der Waals surface area contributed by atoms with Crippen molar-refractivity contribution in [1.82, 2.24) is 0 Å². The van der Waals surface area contributed by atoms with Crippen molar-refractivity contribution < 1.29 is 24.1 Å². The molecule has 226 valence electrons. The van der Waals surface area contributed by atoms with Crippen molar-refractivity contribution >= 4 is 92.6 Å². The number of nitrogens with one attached hydrogen (secondary N) is 2. The number of hydrogen-bond donors (Lipinski definition) is 3. The first-order valence-corrected chi connectivity index (χ1v) is 15.4. The molecule has 2 aliphatic heterocycles. The highest BCUT2D eigenvalue weighted by atomic mass is 35.5. The van der Waals surface area contributed by atoms with Gasteiger partial charge in [0.05, 0.1) is 22.6 Å². The summed E-state index contributed by atoms with van der Waals surface area (Å²) in [4.78, 5) is 10.1. The van der Waals surface area contributed by atoms with Gasteiger partial charge in [0.2, 0.25) is 0 Å². The number of halogens is 4. The molecule has 0 aromatic heterocycles. The van der Waals surface area contributed by atoms with Gasteiger partial charge in [-0.05, 0) is 73.2 Å². The molecule has 2 aliphatic rings. The monoisotopic (exact) mass is 698 g/mol. The maximum absolute atomic E-state index is 8.78. The molecule has 0 unspecified atom stereocenters. The summed E-state index contributed by atoms with van der Waals surface area (Å²) >= 11 is 26.6. The Kier molecular flexibility index (Phi) is 8.15. The molecule has 0 spiro atoms. The predicted molar refractivity (Wildman–Crippen MR) is 176 cm³/mol. The fourth-order valence-electron chi connectivity index (χ4n) is 4.76. The van der Waals surface area contributed by atoms with Crippen LogP contribution in [0, 0.1) is 6.92 Å². The molecule has 7 rings (SSSR count). The molecule has 0 radical (unpaired) electrons. The van der Waals surface area contributed by atoms with Crippen LogP contribution in [0.25, 0.3) is 0 Å². The Labute approximate surface area is 280 Å². The summed E-state index contributed by atoms with van der Waals surface area (Å²) in [7, 11) is 0. The number of nitrogens with zero attached hydrogens (tertiary/aromatic N) is 2. The summed E-state index contributed by atoms with van der Waals surface area (Å²) in [6.07, 6.45) is 0. The van der Waals surface area contributed by atoms with Gasteiger partial charge in [0.15, 0.2) is 23.0 Å². The molecule has 0 amide bonds. The zero-order chi connectivity index (χ0) is 31.2. The van der Waals surface area contributed by atoms with Gasteiger partial charge in [-0.25, -0.2) is 15.2 Å². The first-order chi connectivity index (χ1) is 21.8. The van der Waals surface area contributed by atoms with Crippen molar-refractivity contribution in [3.8, 4) is 23.0 Å². The van der Waals surface area contributed by atoms with Crippen LogP contribution in [0.5, 0.6) is 23.0 Å². The summed E-state index contributed by atoms with van der Waals surface area (Å²) in [5.41, 5.74) is 4.92. The highest BCUT2D eigenvalue weighted by molar-refractivity contribution is 7.94. The van der Waals surface area contributed by atoms with E-state index in [1.807, 2.05) is 31.2 Å². The minimum absolute atomic E-state index is 0.171. The second kappa shape index (κ2) is 12.2. The normalized spacial score (nSPS) is 12.3. The van der Waals surface area contributed by atoms with Crippen LogP contribution in [0.1, 0.15) is 5.56 Å². The topological polar surface area (TPSA) is 106 Å². The SMILES string of the molecule is Cc1cc2c(cc1Nc1ccc(Cl)cc1)Oc1c(Cl)c3c(c(Cl)c1=N2)Oc1cc(Nc2ccc(Cl)cc2)c(SOOO)cc1N=3. The predicted octanol–water partition coefficient (Wildman–Crippen LogP) is 10.6. The Morgan fingerprint density at radius 3 is 1.71 bits per heavy atom. The Hall–Kier alpha value is -3.71. The van der Waals surface area contributed by atoms with E-state index < -0.39 is 0 Å². The minimum atomic E-state index is 0.171. The van der Waals surface area contributed by atoms with Crippen LogP contribution < -0.4 is 30.8 Å². The second-order valence-corrected chi connectivity index (χ2v) is 12.2. The van der Waals surface area contributed by atoms with Gasteiger partial charge in [-0.15, -0.1) is 4.33 Å². The van der Waals surface area contributed by atoms with E-state index in [4.69, 9.17) is 75.5 Å². The highest BCUT2D eigenvalue weighted by Crippen LogP contribution is 2.47. The summed E-state index contributed by atoms with van der Waals surface area (Å²) < 4.78 is 17.3. The molecule has 0 aliphatic carbocycles. The van der Waals surface area contributed by atoms with E-state index in [-0.39, 0.29) is 26.9 Å². The van der Waals surface area contributed by atoms with E-state index in [2.05, 4.69) is 15.7 Å². The fraction of sp³-hybridized carbons (Fsp3) is 0.0323. The number of hydrogen-bond acceptors (Lipinski definition) is 10. The number of ether oxygens (including phenoxy) is 2. The minimum Gasteiger partial charge on any atom is -0.451 e. The van der Waals surface area contributed by atoms with Crippen LogP contribution in [-0.4, -0.2) is 5.26 Å². The van der Waals surface area contributed by atoms with Gasteiger partial charge < -0.3 is 20.1 Å². The van der Waals surface area contributed by atoms with Gasteiger partial charge in [0.1, 0.15) is 32.1 Å². The van der Waals surface area contributed by atoms with E-state index in [1.54, 1.807) is 48.5 Å². The molecule has 3 N–H and O–H groups in total. The maximum Gasteiger partial charge on any atom is 0.175 e. The van der Waals surface area contributed by atoms with Gasteiger partial charge in [-0.2, -0.15) is 0 Å². The van der Waals surface area contributed by atoms with Crippen LogP contribution in [0.4, 0.5) is 34.1 Å². The van der Waals surface area contributed by atoms with Crippen LogP contribution in [-0.2, 0) is 9.37 Å². The van der Waals surface area contributed by atoms with Gasteiger partial charge >= 0.3 is 0 Å². The lowest BCUT2D eigenvalue weighted by Crippen LogP contribution is -2.22. The Morgan fingerprint density at radius 2 is 1.18 bits per heavy atom. The van der Waals surface area contributed by atoms with Gasteiger partial charge in [-0.1, -0.05) is 51.4 Å². The summed E-state index contributed by atoms with van der Waals surface area (Å²) in [6.45, 7) is 1.96. The zero-order valence-corrected chi connectivity index (χ0v) is 26.7. The van der Waals surface area contributed by atoms with Crippen molar-refractivity contribution in [3.63, 3.8) is 0 Å². The first-order valence-electron chi connectivity index (χ1n) is 13.1. The number of aryl methyl sites for hydroxylation is 1. The summed E-state index contributed by atoms with van der Waals surface area (Å²) in [5, 5.41) is 21.4. The average molecular weight is 700 g/mol. The lowest BCUT2D eigenvalue weighted by atomic mass is 10.1. The number of fused-ring (bicyclic) bond motifs is 4. The number of benzene rings is 5. The molecule has 0 bridgehead atoms. The largest absolute Gasteiger partial charge is 0.451 e. The lowest BCUT2D eigenvalue weighted by Gasteiger charge is -2.22. The average Bonchev–Trinajstić information content (AvgIpc) is 3.04. The Balaban J connectivity index is 1.29. The summed E-state index contributed by atoms with van der Waals surface area (Å²) in [5.74, 6) is 1.35. The van der Waals surface area contributed by atoms with Crippen molar-refractivity contribution in [2.45, 2.75) is 11.8 Å². The smallest absolute Gasteiger partial charge is 0.175 e. The van der Waals surface area contributed by atoms with Crippen LogP contribution in [0.3, 0.4) is 0 Å². The number of rotatable bonds is 7. The van der Waals surface area contributed by atoms with E-state index in [1.165, 1.54) is 0 Å². The van der Waals surface area contributed by atoms with Crippen LogP contribution in [0.2, 0.25) is 20.1 Å². The Bertz CT molecular complexity index is 2120. The maximum atomic E-state index is 8.78. The van der Waals surface area contributed by atoms with E-state index in [0.717, 1.165) is 34.7 Å². The van der Waals surface area contributed by atoms with Crippen molar-refractivity contribution in [3.05, 3.63) is 109 Å². The van der Waals surface area contributed by atoms with Crippen molar-refractivity contribution in [2.24, 2.45) is 9.98 Å². The molecule has 0 saturated heterocycles. The molecule has 45 heavy (non-hydrogen) atoms. The standard InChI is InChI=1S/C31H18Cl4N4O5S/c1-14-10-20-23(11-19(14)36-17-6-2-15(32)3-7-17)41-30-27(35)29-31(26(34)28(30)38-20)42-24-12-22(37-18-8-4-16(33)5-9-18)25(45-44-43-40)13-21(24)39-29/h2-13,36-37,40H,1H3. The third-order valence-corrected chi connectivity index (χ3v) is 8.75. The van der Waals surface area contributed by atoms with Crippen LogP contribution in [0.15, 0.2) is 87.7 Å². The zero-order valence-electron chi connectivity index (χ0n) is 22.8. The third kappa shape index (κ3) is 5.87. The molecule has 2 heterocycles. The highest BCUT2D eigenvalue weighted by Gasteiger charge is 2.28. The molecular weight excluding hydrogens is 682 g/mol. The van der Waals surface area contributed by atoms with Gasteiger partial charge in [-0.3, -0.25) is 0 Å². The van der Waals surface area contributed by atoms with E-state index >= 15 is 0 Å². The first kappa shape index (κ1) is 30.0. The number of anilines is 4. The molecule has 0 saturated carbocycles. The fourth-order valence-corrected chi connectivity index (χ4v) is 5.99. The van der Waals surface area contributed by atoms with E-state index in [0.29, 0.717) is 48.9 Å². The summed E-state index contributed by atoms with van der Waals surface area (Å²) in [6, 6.07) is 21.6.